The van der Waals surface area contributed by atoms with Gasteiger partial charge in [-0.3, -0.25) is 10.1 Å². The van der Waals surface area contributed by atoms with Gasteiger partial charge in [-0.15, -0.1) is 21.5 Å². The normalized spacial score (nSPS) is 11.7. The van der Waals surface area contributed by atoms with Crippen molar-refractivity contribution in [2.24, 2.45) is 0 Å². The van der Waals surface area contributed by atoms with Crippen LogP contribution in [0.2, 0.25) is 0 Å². The Morgan fingerprint density at radius 3 is 2.56 bits per heavy atom. The molecule has 0 spiro atoms. The highest BCUT2D eigenvalue weighted by Crippen LogP contribution is 2.30. The molecule has 0 fully saturated rings. The molecule has 2 aromatic heterocycles. The van der Waals surface area contributed by atoms with Crippen molar-refractivity contribution in [3.8, 4) is 28.7 Å². The van der Waals surface area contributed by atoms with Crippen LogP contribution in [-0.4, -0.2) is 40.9 Å². The van der Waals surface area contributed by atoms with Gasteiger partial charge in [0.15, 0.2) is 5.13 Å². The Hall–Kier alpha value is -3.76. The number of ether oxygens (including phenoxy) is 3. The SMILES string of the molecule is CCC(COC)Oc1cc(Oc2ccc(-c3nnc(C)o3)cc2)cc(C(=O)Nc2nccs2)c1. The predicted octanol–water partition coefficient (Wildman–Crippen LogP) is 5.35. The van der Waals surface area contributed by atoms with Crippen LogP contribution in [0.5, 0.6) is 17.2 Å². The van der Waals surface area contributed by atoms with E-state index < -0.39 is 0 Å². The number of nitrogens with one attached hydrogen (secondary N) is 1. The first-order valence-corrected chi connectivity index (χ1v) is 11.5. The second kappa shape index (κ2) is 10.9. The summed E-state index contributed by atoms with van der Waals surface area (Å²) in [5.74, 6) is 2.15. The Balaban J connectivity index is 1.58. The Labute approximate surface area is 200 Å². The molecule has 0 radical (unpaired) electrons. The summed E-state index contributed by atoms with van der Waals surface area (Å²) in [6.07, 6.45) is 2.22. The van der Waals surface area contributed by atoms with Gasteiger partial charge in [0.05, 0.1) is 6.61 Å². The lowest BCUT2D eigenvalue weighted by Gasteiger charge is -2.18. The van der Waals surface area contributed by atoms with Gasteiger partial charge in [0.25, 0.3) is 5.91 Å². The molecule has 1 N–H and O–H groups in total. The number of rotatable bonds is 10. The van der Waals surface area contributed by atoms with Crippen LogP contribution in [-0.2, 0) is 4.74 Å². The molecule has 9 nitrogen and oxygen atoms in total. The number of aryl methyl sites for hydroxylation is 1. The van der Waals surface area contributed by atoms with Crippen molar-refractivity contribution in [3.05, 3.63) is 65.5 Å². The molecule has 4 aromatic rings. The minimum Gasteiger partial charge on any atom is -0.488 e. The zero-order valence-corrected chi connectivity index (χ0v) is 19.8. The van der Waals surface area contributed by atoms with Crippen molar-refractivity contribution in [1.82, 2.24) is 15.2 Å². The molecule has 1 amide bonds. The molecule has 0 saturated heterocycles. The van der Waals surface area contributed by atoms with E-state index in [0.717, 1.165) is 12.0 Å². The van der Waals surface area contributed by atoms with Gasteiger partial charge in [-0.1, -0.05) is 6.92 Å². The Morgan fingerprint density at radius 1 is 1.12 bits per heavy atom. The maximum Gasteiger partial charge on any atom is 0.257 e. The lowest BCUT2D eigenvalue weighted by molar-refractivity contribution is 0.0785. The summed E-state index contributed by atoms with van der Waals surface area (Å²) in [6, 6.07) is 12.3. The van der Waals surface area contributed by atoms with Crippen LogP contribution in [0.3, 0.4) is 0 Å². The van der Waals surface area contributed by atoms with Crippen LogP contribution < -0.4 is 14.8 Å². The van der Waals surface area contributed by atoms with Gasteiger partial charge in [-0.25, -0.2) is 4.98 Å². The number of carbonyl (C=O) groups excluding carboxylic acids is 1. The number of methoxy groups -OCH3 is 1. The molecule has 1 atom stereocenters. The molecule has 4 rings (SSSR count). The third kappa shape index (κ3) is 5.97. The van der Waals surface area contributed by atoms with E-state index in [-0.39, 0.29) is 12.0 Å². The molecule has 10 heteroatoms. The van der Waals surface area contributed by atoms with E-state index in [2.05, 4.69) is 20.5 Å². The monoisotopic (exact) mass is 480 g/mol. The molecular weight excluding hydrogens is 456 g/mol. The first-order valence-electron chi connectivity index (χ1n) is 10.6. The third-order valence-corrected chi connectivity index (χ3v) is 5.46. The molecule has 0 aliphatic carbocycles. The van der Waals surface area contributed by atoms with Crippen LogP contribution in [0.4, 0.5) is 5.13 Å². The standard InChI is InChI=1S/C24H24N4O5S/c1-4-18(14-30-3)32-20-11-17(22(29)26-24-25-9-10-34-24)12-21(13-20)33-19-7-5-16(6-8-19)23-28-27-15(2)31-23/h5-13,18H,4,14H2,1-3H3,(H,25,26,29). The summed E-state index contributed by atoms with van der Waals surface area (Å²) in [7, 11) is 1.62. The summed E-state index contributed by atoms with van der Waals surface area (Å²) in [5, 5.41) is 13.0. The number of carbonyl (C=O) groups is 1. The number of benzene rings is 2. The first kappa shape index (κ1) is 23.4. The maximum absolute atomic E-state index is 12.8. The van der Waals surface area contributed by atoms with Crippen molar-refractivity contribution in [2.75, 3.05) is 19.0 Å². The van der Waals surface area contributed by atoms with Crippen LogP contribution in [0.1, 0.15) is 29.6 Å². The summed E-state index contributed by atoms with van der Waals surface area (Å²) in [4.78, 5) is 17.0. The average Bonchev–Trinajstić information content (AvgIpc) is 3.51. The topological polar surface area (TPSA) is 109 Å². The second-order valence-corrected chi connectivity index (χ2v) is 8.24. The Bertz CT molecular complexity index is 1220. The first-order chi connectivity index (χ1) is 16.5. The van der Waals surface area contributed by atoms with Gasteiger partial charge in [0, 0.05) is 42.8 Å². The fourth-order valence-corrected chi connectivity index (χ4v) is 3.64. The smallest absolute Gasteiger partial charge is 0.257 e. The van der Waals surface area contributed by atoms with Crippen LogP contribution in [0.15, 0.2) is 58.5 Å². The summed E-state index contributed by atoms with van der Waals surface area (Å²) in [6.45, 7) is 4.17. The van der Waals surface area contributed by atoms with Gasteiger partial charge in [0.1, 0.15) is 23.4 Å². The Morgan fingerprint density at radius 2 is 1.91 bits per heavy atom. The number of hydrogen-bond acceptors (Lipinski definition) is 9. The fourth-order valence-electron chi connectivity index (χ4n) is 3.11. The highest BCUT2D eigenvalue weighted by atomic mass is 32.1. The van der Waals surface area contributed by atoms with Gasteiger partial charge >= 0.3 is 0 Å². The summed E-state index contributed by atoms with van der Waals surface area (Å²) >= 11 is 1.34. The molecule has 0 saturated carbocycles. The molecule has 34 heavy (non-hydrogen) atoms. The number of anilines is 1. The van der Waals surface area contributed by atoms with E-state index in [1.165, 1.54) is 11.3 Å². The number of hydrogen-bond donors (Lipinski definition) is 1. The molecule has 2 heterocycles. The highest BCUT2D eigenvalue weighted by molar-refractivity contribution is 7.13. The molecular formula is C24H24N4O5S. The van der Waals surface area contributed by atoms with Gasteiger partial charge in [-0.2, -0.15) is 0 Å². The van der Waals surface area contributed by atoms with Gasteiger partial charge in [0.2, 0.25) is 11.8 Å². The molecule has 0 aliphatic heterocycles. The summed E-state index contributed by atoms with van der Waals surface area (Å²) < 4.78 is 22.8. The van der Waals surface area contributed by atoms with Crippen molar-refractivity contribution in [2.45, 2.75) is 26.4 Å². The minimum absolute atomic E-state index is 0.160. The average molecular weight is 481 g/mol. The van der Waals surface area contributed by atoms with Crippen LogP contribution in [0, 0.1) is 6.92 Å². The van der Waals surface area contributed by atoms with E-state index in [1.54, 1.807) is 55.9 Å². The number of amides is 1. The molecule has 2 aromatic carbocycles. The van der Waals surface area contributed by atoms with Crippen molar-refractivity contribution in [3.63, 3.8) is 0 Å². The van der Waals surface area contributed by atoms with Gasteiger partial charge in [-0.05, 0) is 42.8 Å². The molecule has 0 bridgehead atoms. The number of thiazole rings is 1. The maximum atomic E-state index is 12.8. The number of aromatic nitrogens is 3. The fraction of sp³-hybridized carbons (Fsp3) is 0.250. The second-order valence-electron chi connectivity index (χ2n) is 7.34. The van der Waals surface area contributed by atoms with E-state index in [0.29, 0.717) is 46.3 Å². The lowest BCUT2D eigenvalue weighted by Crippen LogP contribution is -2.21. The van der Waals surface area contributed by atoms with E-state index >= 15 is 0 Å². The minimum atomic E-state index is -0.313. The predicted molar refractivity (Wildman–Crippen MR) is 128 cm³/mol. The zero-order chi connectivity index (χ0) is 23.9. The molecule has 1 unspecified atom stereocenters. The highest BCUT2D eigenvalue weighted by Gasteiger charge is 2.15. The van der Waals surface area contributed by atoms with Crippen molar-refractivity contribution >= 4 is 22.4 Å². The molecule has 176 valence electrons. The Kier molecular flexibility index (Phi) is 7.51. The zero-order valence-electron chi connectivity index (χ0n) is 19.0. The third-order valence-electron chi connectivity index (χ3n) is 4.77. The summed E-state index contributed by atoms with van der Waals surface area (Å²) in [5.41, 5.74) is 1.16. The largest absolute Gasteiger partial charge is 0.488 e. The molecule has 0 aliphatic rings. The van der Waals surface area contributed by atoms with Crippen LogP contribution in [0.25, 0.3) is 11.5 Å². The quantitative estimate of drug-likeness (QED) is 0.324. The van der Waals surface area contributed by atoms with E-state index in [9.17, 15) is 4.79 Å². The van der Waals surface area contributed by atoms with E-state index in [4.69, 9.17) is 18.6 Å². The lowest BCUT2D eigenvalue weighted by atomic mass is 10.1. The van der Waals surface area contributed by atoms with Gasteiger partial charge < -0.3 is 18.6 Å². The van der Waals surface area contributed by atoms with Crippen molar-refractivity contribution < 1.29 is 23.4 Å². The van der Waals surface area contributed by atoms with Crippen molar-refractivity contribution in [1.29, 1.82) is 0 Å². The van der Waals surface area contributed by atoms with Crippen LogP contribution >= 0.6 is 11.3 Å². The number of nitrogens with zero attached hydrogens (tertiary/aromatic N) is 3. The van der Waals surface area contributed by atoms with E-state index in [1.807, 2.05) is 19.1 Å².